The first-order valence-corrected chi connectivity index (χ1v) is 8.36. The maximum atomic E-state index is 12.8. The van der Waals surface area contributed by atoms with Gasteiger partial charge in [-0.15, -0.1) is 0 Å². The maximum Gasteiger partial charge on any atom is 0.226 e. The van der Waals surface area contributed by atoms with Gasteiger partial charge in [-0.1, -0.05) is 30.3 Å². The quantitative estimate of drug-likeness (QED) is 0.843. The largest absolute Gasteiger partial charge is 0.348 e. The second kappa shape index (κ2) is 5.67. The topological polar surface area (TPSA) is 38.8 Å². The Kier molecular flexibility index (Phi) is 3.66. The molecule has 4 heteroatoms. The SMILES string of the molecule is O=C1C2CCC3(CC2CCN1Cc1ccccc1)OCCO3. The minimum Gasteiger partial charge on any atom is -0.348 e. The third-order valence-electron chi connectivity index (χ3n) is 5.41. The van der Waals surface area contributed by atoms with Gasteiger partial charge in [0.15, 0.2) is 5.79 Å². The van der Waals surface area contributed by atoms with Crippen LogP contribution >= 0.6 is 0 Å². The lowest BCUT2D eigenvalue weighted by Gasteiger charge is -2.45. The molecule has 1 aromatic rings. The van der Waals surface area contributed by atoms with Gasteiger partial charge in [0, 0.05) is 31.8 Å². The van der Waals surface area contributed by atoms with Crippen LogP contribution in [0, 0.1) is 11.8 Å². The van der Waals surface area contributed by atoms with Gasteiger partial charge in [0.25, 0.3) is 0 Å². The van der Waals surface area contributed by atoms with Crippen molar-refractivity contribution >= 4 is 5.91 Å². The van der Waals surface area contributed by atoms with Crippen LogP contribution in [0.15, 0.2) is 30.3 Å². The number of ether oxygens (including phenoxy) is 2. The van der Waals surface area contributed by atoms with Crippen molar-refractivity contribution in [2.45, 2.75) is 38.0 Å². The van der Waals surface area contributed by atoms with E-state index in [-0.39, 0.29) is 11.7 Å². The monoisotopic (exact) mass is 301 g/mol. The van der Waals surface area contributed by atoms with Crippen molar-refractivity contribution in [1.29, 1.82) is 0 Å². The van der Waals surface area contributed by atoms with Crippen LogP contribution in [0.1, 0.15) is 31.2 Å². The van der Waals surface area contributed by atoms with Gasteiger partial charge in [-0.05, 0) is 24.3 Å². The molecule has 1 aliphatic carbocycles. The average molecular weight is 301 g/mol. The number of amides is 1. The lowest BCUT2D eigenvalue weighted by molar-refractivity contribution is -0.201. The van der Waals surface area contributed by atoms with Crippen LogP contribution in [0.25, 0.3) is 0 Å². The van der Waals surface area contributed by atoms with Crippen LogP contribution in [0.4, 0.5) is 0 Å². The third-order valence-corrected chi connectivity index (χ3v) is 5.41. The Morgan fingerprint density at radius 3 is 2.68 bits per heavy atom. The summed E-state index contributed by atoms with van der Waals surface area (Å²) < 4.78 is 11.7. The molecule has 2 saturated heterocycles. The molecular formula is C18H23NO3. The van der Waals surface area contributed by atoms with E-state index in [9.17, 15) is 4.79 Å². The number of hydrogen-bond acceptors (Lipinski definition) is 3. The lowest BCUT2D eigenvalue weighted by atomic mass is 9.72. The zero-order chi connectivity index (χ0) is 15.0. The average Bonchev–Trinajstić information content (AvgIpc) is 2.99. The number of fused-ring (bicyclic) bond motifs is 1. The van der Waals surface area contributed by atoms with Crippen LogP contribution in [0.2, 0.25) is 0 Å². The number of nitrogens with zero attached hydrogens (tertiary/aromatic N) is 1. The first-order valence-electron chi connectivity index (χ1n) is 8.36. The molecule has 1 spiro atoms. The Morgan fingerprint density at radius 1 is 1.14 bits per heavy atom. The van der Waals surface area contributed by atoms with E-state index in [1.165, 1.54) is 5.56 Å². The fraction of sp³-hybridized carbons (Fsp3) is 0.611. The molecular weight excluding hydrogens is 278 g/mol. The number of carbonyl (C=O) groups excluding carboxylic acids is 1. The van der Waals surface area contributed by atoms with Gasteiger partial charge in [-0.3, -0.25) is 4.79 Å². The number of piperidine rings is 1. The fourth-order valence-electron chi connectivity index (χ4n) is 4.27. The van der Waals surface area contributed by atoms with Crippen LogP contribution in [-0.4, -0.2) is 36.4 Å². The molecule has 0 N–H and O–H groups in total. The normalized spacial score (nSPS) is 30.5. The van der Waals surface area contributed by atoms with Crippen LogP contribution in [0.3, 0.4) is 0 Å². The van der Waals surface area contributed by atoms with Gasteiger partial charge in [-0.25, -0.2) is 0 Å². The fourth-order valence-corrected chi connectivity index (χ4v) is 4.27. The standard InChI is InChI=1S/C18H23NO3/c20-17-16-6-8-18(21-10-11-22-18)12-15(16)7-9-19(17)13-14-4-2-1-3-5-14/h1-5,15-16H,6-13H2. The number of hydrogen-bond donors (Lipinski definition) is 0. The highest BCUT2D eigenvalue weighted by atomic mass is 16.7. The Labute approximate surface area is 131 Å². The van der Waals surface area contributed by atoms with E-state index in [4.69, 9.17) is 9.47 Å². The van der Waals surface area contributed by atoms with Crippen molar-refractivity contribution in [3.05, 3.63) is 35.9 Å². The van der Waals surface area contributed by atoms with Gasteiger partial charge in [0.05, 0.1) is 13.2 Å². The van der Waals surface area contributed by atoms with E-state index in [0.29, 0.717) is 25.0 Å². The summed E-state index contributed by atoms with van der Waals surface area (Å²) in [5.74, 6) is 0.540. The molecule has 118 valence electrons. The van der Waals surface area contributed by atoms with Crippen molar-refractivity contribution in [3.8, 4) is 0 Å². The smallest absolute Gasteiger partial charge is 0.226 e. The molecule has 4 rings (SSSR count). The summed E-state index contributed by atoms with van der Waals surface area (Å²) in [6.07, 6.45) is 3.72. The predicted molar refractivity (Wildman–Crippen MR) is 81.9 cm³/mol. The maximum absolute atomic E-state index is 12.8. The van der Waals surface area contributed by atoms with Gasteiger partial charge in [0.2, 0.25) is 5.91 Å². The van der Waals surface area contributed by atoms with Crippen LogP contribution in [-0.2, 0) is 20.8 Å². The molecule has 0 bridgehead atoms. The van der Waals surface area contributed by atoms with Crippen molar-refractivity contribution in [3.63, 3.8) is 0 Å². The van der Waals surface area contributed by atoms with Crippen molar-refractivity contribution < 1.29 is 14.3 Å². The predicted octanol–water partition coefficient (Wildman–Crippen LogP) is 2.58. The van der Waals surface area contributed by atoms with Gasteiger partial charge < -0.3 is 14.4 Å². The number of likely N-dealkylation sites (tertiary alicyclic amines) is 1. The molecule has 1 amide bonds. The third kappa shape index (κ3) is 2.55. The molecule has 1 aromatic carbocycles. The summed E-state index contributed by atoms with van der Waals surface area (Å²) in [6, 6.07) is 10.3. The molecule has 2 unspecified atom stereocenters. The van der Waals surface area contributed by atoms with Crippen LogP contribution < -0.4 is 0 Å². The van der Waals surface area contributed by atoms with E-state index in [0.717, 1.165) is 38.8 Å². The van der Waals surface area contributed by atoms with Gasteiger partial charge in [-0.2, -0.15) is 0 Å². The van der Waals surface area contributed by atoms with Crippen molar-refractivity contribution in [1.82, 2.24) is 4.90 Å². The van der Waals surface area contributed by atoms with Crippen molar-refractivity contribution in [2.24, 2.45) is 11.8 Å². The summed E-state index contributed by atoms with van der Waals surface area (Å²) >= 11 is 0. The van der Waals surface area contributed by atoms with E-state index in [2.05, 4.69) is 12.1 Å². The summed E-state index contributed by atoms with van der Waals surface area (Å²) in [7, 11) is 0. The van der Waals surface area contributed by atoms with Gasteiger partial charge >= 0.3 is 0 Å². The Morgan fingerprint density at radius 2 is 1.91 bits per heavy atom. The number of carbonyl (C=O) groups is 1. The molecule has 2 aliphatic heterocycles. The van der Waals surface area contributed by atoms with Gasteiger partial charge in [0.1, 0.15) is 0 Å². The number of benzene rings is 1. The molecule has 0 radical (unpaired) electrons. The summed E-state index contributed by atoms with van der Waals surface area (Å²) in [4.78, 5) is 14.8. The summed E-state index contributed by atoms with van der Waals surface area (Å²) in [6.45, 7) is 2.99. The Balaban J connectivity index is 1.43. The molecule has 2 atom stereocenters. The Hall–Kier alpha value is -1.39. The zero-order valence-electron chi connectivity index (χ0n) is 12.9. The highest BCUT2D eigenvalue weighted by Gasteiger charge is 2.49. The molecule has 3 aliphatic rings. The first kappa shape index (κ1) is 14.2. The lowest BCUT2D eigenvalue weighted by Crippen LogP contribution is -2.51. The second-order valence-corrected chi connectivity index (χ2v) is 6.75. The minimum atomic E-state index is -0.372. The zero-order valence-corrected chi connectivity index (χ0v) is 12.9. The first-order chi connectivity index (χ1) is 10.8. The van der Waals surface area contributed by atoms with E-state index in [1.807, 2.05) is 23.1 Å². The molecule has 22 heavy (non-hydrogen) atoms. The summed E-state index contributed by atoms with van der Waals surface area (Å²) in [5, 5.41) is 0. The Bertz CT molecular complexity index is 539. The van der Waals surface area contributed by atoms with Crippen molar-refractivity contribution in [2.75, 3.05) is 19.8 Å². The second-order valence-electron chi connectivity index (χ2n) is 6.75. The van der Waals surface area contributed by atoms with E-state index in [1.54, 1.807) is 0 Å². The molecule has 2 heterocycles. The minimum absolute atomic E-state index is 0.163. The highest BCUT2D eigenvalue weighted by Crippen LogP contribution is 2.45. The van der Waals surface area contributed by atoms with Crippen LogP contribution in [0.5, 0.6) is 0 Å². The molecule has 4 nitrogen and oxygen atoms in total. The van der Waals surface area contributed by atoms with E-state index >= 15 is 0 Å². The molecule has 0 aromatic heterocycles. The highest BCUT2D eigenvalue weighted by molar-refractivity contribution is 5.80. The molecule has 3 fully saturated rings. The van der Waals surface area contributed by atoms with E-state index < -0.39 is 0 Å². The molecule has 1 saturated carbocycles. The number of rotatable bonds is 2. The summed E-state index contributed by atoms with van der Waals surface area (Å²) in [5.41, 5.74) is 1.21.